The van der Waals surface area contributed by atoms with E-state index in [1.807, 2.05) is 30.3 Å². The zero-order chi connectivity index (χ0) is 23.4. The highest BCUT2D eigenvalue weighted by Crippen LogP contribution is 2.31. The summed E-state index contributed by atoms with van der Waals surface area (Å²) in [5.74, 6) is -0.847. The molecule has 2 aromatic heterocycles. The highest BCUT2D eigenvalue weighted by molar-refractivity contribution is 9.10. The van der Waals surface area contributed by atoms with Gasteiger partial charge < -0.3 is 10.1 Å². The Balaban J connectivity index is 1.73. The third kappa shape index (κ3) is 5.04. The van der Waals surface area contributed by atoms with Crippen LogP contribution in [-0.2, 0) is 16.0 Å². The van der Waals surface area contributed by atoms with Gasteiger partial charge in [0.25, 0.3) is 5.56 Å². The number of carbonyl (C=O) groups is 2. The average Bonchev–Trinajstić information content (AvgIpc) is 3.23. The number of hydrogen-bond donors (Lipinski definition) is 1. The molecule has 0 aliphatic rings. The Morgan fingerprint density at radius 2 is 1.85 bits per heavy atom. The van der Waals surface area contributed by atoms with Gasteiger partial charge in [0.2, 0.25) is 5.91 Å². The lowest BCUT2D eigenvalue weighted by molar-refractivity contribution is -0.116. The van der Waals surface area contributed by atoms with Crippen molar-refractivity contribution in [2.24, 2.45) is 0 Å². The molecule has 168 valence electrons. The summed E-state index contributed by atoms with van der Waals surface area (Å²) in [5, 5.41) is 9.75. The molecule has 2 aromatic carbocycles. The molecule has 2 heterocycles. The molecule has 9 heteroatoms. The van der Waals surface area contributed by atoms with Crippen molar-refractivity contribution in [3.8, 4) is 5.69 Å². The molecular weight excluding hydrogens is 506 g/mol. The minimum absolute atomic E-state index is 0.0235. The Labute approximate surface area is 202 Å². The highest BCUT2D eigenvalue weighted by Gasteiger charge is 2.23. The number of benzene rings is 2. The third-order valence-corrected chi connectivity index (χ3v) is 6.35. The van der Waals surface area contributed by atoms with Crippen molar-refractivity contribution in [3.05, 3.63) is 86.1 Å². The van der Waals surface area contributed by atoms with Crippen molar-refractivity contribution in [1.29, 1.82) is 0 Å². The van der Waals surface area contributed by atoms with E-state index in [4.69, 9.17) is 4.74 Å². The molecule has 0 unspecified atom stereocenters. The van der Waals surface area contributed by atoms with Crippen LogP contribution < -0.4 is 10.9 Å². The van der Waals surface area contributed by atoms with E-state index in [9.17, 15) is 14.4 Å². The van der Waals surface area contributed by atoms with Gasteiger partial charge in [-0.2, -0.15) is 9.78 Å². The van der Waals surface area contributed by atoms with Gasteiger partial charge in [0.05, 0.1) is 17.7 Å². The normalized spacial score (nSPS) is 10.8. The van der Waals surface area contributed by atoms with Gasteiger partial charge in [-0.3, -0.25) is 9.59 Å². The number of carbonyl (C=O) groups excluding carboxylic acids is 2. The van der Waals surface area contributed by atoms with Gasteiger partial charge in [0.1, 0.15) is 5.00 Å². The molecule has 0 radical (unpaired) electrons. The number of nitrogens with one attached hydrogen (secondary N) is 1. The summed E-state index contributed by atoms with van der Waals surface area (Å²) in [5.41, 5.74) is 1.13. The lowest BCUT2D eigenvalue weighted by Crippen LogP contribution is -2.25. The fourth-order valence-corrected chi connectivity index (χ4v) is 4.56. The van der Waals surface area contributed by atoms with Crippen molar-refractivity contribution in [2.75, 3.05) is 11.9 Å². The van der Waals surface area contributed by atoms with Crippen LogP contribution in [0.2, 0.25) is 0 Å². The lowest BCUT2D eigenvalue weighted by atomic mass is 10.1. The largest absolute Gasteiger partial charge is 0.461 e. The molecule has 0 aliphatic carbocycles. The molecule has 7 nitrogen and oxygen atoms in total. The van der Waals surface area contributed by atoms with E-state index >= 15 is 0 Å². The fraction of sp³-hybridized carbons (Fsp3) is 0.167. The summed E-state index contributed by atoms with van der Waals surface area (Å²) in [6.07, 6.45) is 0.842. The fourth-order valence-electron chi connectivity index (χ4n) is 3.34. The van der Waals surface area contributed by atoms with E-state index in [1.165, 1.54) is 11.3 Å². The number of aromatic nitrogens is 2. The number of ether oxygens (including phenoxy) is 1. The molecule has 0 atom stereocenters. The summed E-state index contributed by atoms with van der Waals surface area (Å²) in [4.78, 5) is 38.6. The quantitative estimate of drug-likeness (QED) is 0.344. The second kappa shape index (κ2) is 10.1. The first kappa shape index (κ1) is 22.9. The molecule has 0 saturated carbocycles. The average molecular weight is 526 g/mol. The number of hydrogen-bond acceptors (Lipinski definition) is 6. The summed E-state index contributed by atoms with van der Waals surface area (Å²) < 4.78 is 7.16. The number of thiophene rings is 1. The maximum Gasteiger partial charge on any atom is 0.359 e. The van der Waals surface area contributed by atoms with Crippen molar-refractivity contribution in [2.45, 2.75) is 19.8 Å². The second-order valence-corrected chi connectivity index (χ2v) is 8.95. The molecule has 1 N–H and O–H groups in total. The Kier molecular flexibility index (Phi) is 7.00. The number of rotatable bonds is 7. The summed E-state index contributed by atoms with van der Waals surface area (Å²) in [6, 6.07) is 16.7. The van der Waals surface area contributed by atoms with Crippen LogP contribution in [0.4, 0.5) is 5.00 Å². The van der Waals surface area contributed by atoms with Gasteiger partial charge in [0, 0.05) is 21.7 Å². The van der Waals surface area contributed by atoms with Gasteiger partial charge in [-0.15, -0.1) is 11.3 Å². The van der Waals surface area contributed by atoms with Crippen LogP contribution in [0.15, 0.2) is 69.2 Å². The van der Waals surface area contributed by atoms with E-state index in [1.54, 1.807) is 36.6 Å². The summed E-state index contributed by atoms with van der Waals surface area (Å²) in [6.45, 7) is 1.87. The van der Waals surface area contributed by atoms with Gasteiger partial charge in [-0.25, -0.2) is 4.79 Å². The topological polar surface area (TPSA) is 90.3 Å². The summed E-state index contributed by atoms with van der Waals surface area (Å²) >= 11 is 4.55. The SMILES string of the molecule is CCOC(=O)c1nn(-c2ccc(Br)cc2)c(=O)c2c(NC(=O)CCc3ccccc3)scc12. The van der Waals surface area contributed by atoms with E-state index in [0.717, 1.165) is 14.7 Å². The Morgan fingerprint density at radius 1 is 1.12 bits per heavy atom. The molecule has 4 rings (SSSR count). The van der Waals surface area contributed by atoms with Crippen molar-refractivity contribution >= 4 is 54.9 Å². The first-order chi connectivity index (χ1) is 16.0. The van der Waals surface area contributed by atoms with Crippen LogP contribution in [0.1, 0.15) is 29.4 Å². The van der Waals surface area contributed by atoms with Crippen LogP contribution in [0.3, 0.4) is 0 Å². The van der Waals surface area contributed by atoms with Crippen molar-refractivity contribution in [1.82, 2.24) is 9.78 Å². The molecule has 0 aliphatic heterocycles. The molecule has 0 saturated heterocycles. The number of halogens is 1. The zero-order valence-corrected chi connectivity index (χ0v) is 20.1. The molecular formula is C24H20BrN3O4S. The van der Waals surface area contributed by atoms with E-state index in [-0.39, 0.29) is 30.0 Å². The minimum atomic E-state index is -0.631. The predicted molar refractivity (Wildman–Crippen MR) is 132 cm³/mol. The van der Waals surface area contributed by atoms with Gasteiger partial charge in [0.15, 0.2) is 5.69 Å². The highest BCUT2D eigenvalue weighted by atomic mass is 79.9. The van der Waals surface area contributed by atoms with Crippen LogP contribution in [0.5, 0.6) is 0 Å². The first-order valence-electron chi connectivity index (χ1n) is 10.3. The molecule has 0 bridgehead atoms. The number of aryl methyl sites for hydroxylation is 1. The maximum absolute atomic E-state index is 13.4. The van der Waals surface area contributed by atoms with E-state index in [0.29, 0.717) is 22.5 Å². The second-order valence-electron chi connectivity index (χ2n) is 7.15. The lowest BCUT2D eigenvalue weighted by Gasteiger charge is -2.10. The molecule has 0 fully saturated rings. The Bertz CT molecular complexity index is 1360. The zero-order valence-electron chi connectivity index (χ0n) is 17.7. The molecule has 4 aromatic rings. The Morgan fingerprint density at radius 3 is 2.55 bits per heavy atom. The number of anilines is 1. The number of amides is 1. The van der Waals surface area contributed by atoms with Crippen LogP contribution >= 0.6 is 27.3 Å². The van der Waals surface area contributed by atoms with Crippen LogP contribution in [0, 0.1) is 0 Å². The summed E-state index contributed by atoms with van der Waals surface area (Å²) in [7, 11) is 0. The Hall–Kier alpha value is -3.30. The van der Waals surface area contributed by atoms with Gasteiger partial charge in [-0.05, 0) is 43.2 Å². The smallest absolute Gasteiger partial charge is 0.359 e. The number of nitrogens with zero attached hydrogens (tertiary/aromatic N) is 2. The molecule has 33 heavy (non-hydrogen) atoms. The number of esters is 1. The first-order valence-corrected chi connectivity index (χ1v) is 12.0. The third-order valence-electron chi connectivity index (χ3n) is 4.93. The monoisotopic (exact) mass is 525 g/mol. The van der Waals surface area contributed by atoms with Crippen LogP contribution in [0.25, 0.3) is 16.5 Å². The van der Waals surface area contributed by atoms with E-state index < -0.39 is 11.5 Å². The van der Waals surface area contributed by atoms with Crippen molar-refractivity contribution in [3.63, 3.8) is 0 Å². The van der Waals surface area contributed by atoms with E-state index in [2.05, 4.69) is 26.3 Å². The van der Waals surface area contributed by atoms with Crippen LogP contribution in [-0.4, -0.2) is 28.3 Å². The van der Waals surface area contributed by atoms with Gasteiger partial charge >= 0.3 is 5.97 Å². The number of fused-ring (bicyclic) bond motifs is 1. The maximum atomic E-state index is 13.4. The molecule has 0 spiro atoms. The predicted octanol–water partition coefficient (Wildman–Crippen LogP) is 4.96. The van der Waals surface area contributed by atoms with Crippen molar-refractivity contribution < 1.29 is 14.3 Å². The standard InChI is InChI=1S/C24H20BrN3O4S/c1-2-32-24(31)21-18-14-33-22(26-19(29)13-8-15-6-4-3-5-7-15)20(18)23(30)28(27-21)17-11-9-16(25)10-12-17/h3-7,9-12,14H,2,8,13H2,1H3,(H,26,29). The van der Waals surface area contributed by atoms with Gasteiger partial charge in [-0.1, -0.05) is 46.3 Å². The molecule has 1 amide bonds. The minimum Gasteiger partial charge on any atom is -0.461 e.